The minimum Gasteiger partial charge on any atom is -0.478 e. The molecule has 1 heterocycles. The van der Waals surface area contributed by atoms with Gasteiger partial charge >= 0.3 is 5.97 Å². The number of benzene rings is 1. The topological polar surface area (TPSA) is 63.1 Å². The summed E-state index contributed by atoms with van der Waals surface area (Å²) in [5.74, 6) is -1.60. The van der Waals surface area contributed by atoms with Crippen molar-refractivity contribution in [3.63, 3.8) is 0 Å². The second-order valence-electron chi connectivity index (χ2n) is 8.42. The van der Waals surface area contributed by atoms with Crippen molar-refractivity contribution >= 4 is 5.97 Å². The molecule has 162 valence electrons. The maximum absolute atomic E-state index is 14.6. The van der Waals surface area contributed by atoms with Crippen molar-refractivity contribution in [2.75, 3.05) is 0 Å². The van der Waals surface area contributed by atoms with Crippen LogP contribution in [0, 0.1) is 23.5 Å². The van der Waals surface area contributed by atoms with E-state index in [1.54, 1.807) is 6.07 Å². The molecule has 1 N–H and O–H groups in total. The minimum atomic E-state index is -1.17. The molecule has 0 spiro atoms. The van der Waals surface area contributed by atoms with E-state index in [4.69, 9.17) is 5.11 Å². The molecule has 1 aliphatic carbocycles. The smallest absolute Gasteiger partial charge is 0.338 e. The number of hydrogen-bond donors (Lipinski definition) is 1. The molecule has 2 aromatic rings. The molecular formula is C24H30F2N2O2. The third-order valence-corrected chi connectivity index (χ3v) is 6.31. The summed E-state index contributed by atoms with van der Waals surface area (Å²) in [6.45, 7) is 2.23. The third kappa shape index (κ3) is 5.61. The highest BCUT2D eigenvalue weighted by Crippen LogP contribution is 2.35. The van der Waals surface area contributed by atoms with Gasteiger partial charge in [-0.3, -0.25) is 0 Å². The zero-order valence-corrected chi connectivity index (χ0v) is 17.5. The molecule has 1 aromatic heterocycles. The Kier molecular flexibility index (Phi) is 7.88. The average Bonchev–Trinajstić information content (AvgIpc) is 2.76. The molecule has 1 saturated carbocycles. The highest BCUT2D eigenvalue weighted by Gasteiger charge is 2.22. The second-order valence-corrected chi connectivity index (χ2v) is 8.42. The molecule has 0 saturated heterocycles. The summed E-state index contributed by atoms with van der Waals surface area (Å²) in [5, 5.41) is 8.90. The Morgan fingerprint density at radius 3 is 2.23 bits per heavy atom. The van der Waals surface area contributed by atoms with Gasteiger partial charge in [-0.25, -0.2) is 23.5 Å². The van der Waals surface area contributed by atoms with Crippen molar-refractivity contribution in [3.8, 4) is 11.4 Å². The summed E-state index contributed by atoms with van der Waals surface area (Å²) in [6.07, 6.45) is 13.7. The summed E-state index contributed by atoms with van der Waals surface area (Å²) < 4.78 is 29.2. The van der Waals surface area contributed by atoms with E-state index in [0.717, 1.165) is 24.7 Å². The molecule has 1 aromatic carbocycles. The first-order valence-corrected chi connectivity index (χ1v) is 11.0. The highest BCUT2D eigenvalue weighted by atomic mass is 19.2. The Labute approximate surface area is 176 Å². The Bertz CT molecular complexity index is 847. The standard InChI is InChI=1S/C24H30F2N2O2/c1-2-3-4-5-16-6-8-17(9-7-16)10-11-18-12-13-20(22(26)21(18)25)23-27-14-19(15-28-23)24(29)30/h12-17H,2-11H2,1H3,(H,29,30). The van der Waals surface area contributed by atoms with E-state index >= 15 is 0 Å². The number of carboxylic acid groups (broad SMARTS) is 1. The first kappa shape index (κ1) is 22.3. The van der Waals surface area contributed by atoms with E-state index in [2.05, 4.69) is 16.9 Å². The van der Waals surface area contributed by atoms with Crippen LogP contribution in [0.15, 0.2) is 24.5 Å². The highest BCUT2D eigenvalue weighted by molar-refractivity contribution is 5.86. The summed E-state index contributed by atoms with van der Waals surface area (Å²) in [5.41, 5.74) is 0.223. The van der Waals surface area contributed by atoms with Crippen LogP contribution in [0.5, 0.6) is 0 Å². The Hall–Kier alpha value is -2.37. The Morgan fingerprint density at radius 2 is 1.63 bits per heavy atom. The fourth-order valence-electron chi connectivity index (χ4n) is 4.38. The Balaban J connectivity index is 1.56. The first-order chi connectivity index (χ1) is 14.5. The van der Waals surface area contributed by atoms with Crippen molar-refractivity contribution < 1.29 is 18.7 Å². The van der Waals surface area contributed by atoms with Gasteiger partial charge in [0.2, 0.25) is 0 Å². The van der Waals surface area contributed by atoms with Gasteiger partial charge < -0.3 is 5.11 Å². The van der Waals surface area contributed by atoms with Gasteiger partial charge in [-0.05, 0) is 36.3 Å². The van der Waals surface area contributed by atoms with Crippen molar-refractivity contribution in [2.45, 2.75) is 71.1 Å². The number of aryl methyl sites for hydroxylation is 1. The lowest BCUT2D eigenvalue weighted by Gasteiger charge is -2.28. The number of halogens is 2. The average molecular weight is 417 g/mol. The van der Waals surface area contributed by atoms with E-state index < -0.39 is 17.6 Å². The quantitative estimate of drug-likeness (QED) is 0.478. The number of aromatic carboxylic acids is 1. The fourth-order valence-corrected chi connectivity index (χ4v) is 4.38. The normalized spacial score (nSPS) is 19.0. The molecule has 0 unspecified atom stereocenters. The van der Waals surface area contributed by atoms with Gasteiger partial charge in [-0.1, -0.05) is 64.4 Å². The van der Waals surface area contributed by atoms with Crippen LogP contribution in [-0.4, -0.2) is 21.0 Å². The molecule has 3 rings (SSSR count). The summed E-state index contributed by atoms with van der Waals surface area (Å²) in [7, 11) is 0. The predicted octanol–water partition coefficient (Wildman–Crippen LogP) is 6.44. The van der Waals surface area contributed by atoms with E-state index in [9.17, 15) is 13.6 Å². The van der Waals surface area contributed by atoms with Crippen molar-refractivity contribution in [1.29, 1.82) is 0 Å². The zero-order chi connectivity index (χ0) is 21.5. The van der Waals surface area contributed by atoms with Gasteiger partial charge in [0.1, 0.15) is 0 Å². The zero-order valence-electron chi connectivity index (χ0n) is 17.5. The van der Waals surface area contributed by atoms with Crippen LogP contribution >= 0.6 is 0 Å². The molecule has 0 bridgehead atoms. The van der Waals surface area contributed by atoms with Crippen molar-refractivity contribution in [2.24, 2.45) is 11.8 Å². The van der Waals surface area contributed by atoms with Gasteiger partial charge in [0.25, 0.3) is 0 Å². The van der Waals surface area contributed by atoms with Gasteiger partial charge in [0.05, 0.1) is 11.1 Å². The first-order valence-electron chi connectivity index (χ1n) is 11.0. The third-order valence-electron chi connectivity index (χ3n) is 6.31. The maximum Gasteiger partial charge on any atom is 0.338 e. The van der Waals surface area contributed by atoms with E-state index in [-0.39, 0.29) is 17.0 Å². The number of rotatable bonds is 9. The van der Waals surface area contributed by atoms with Crippen LogP contribution in [0.4, 0.5) is 8.78 Å². The van der Waals surface area contributed by atoms with E-state index in [1.165, 1.54) is 57.4 Å². The fraction of sp³-hybridized carbons (Fsp3) is 0.542. The van der Waals surface area contributed by atoms with Crippen molar-refractivity contribution in [3.05, 3.63) is 47.3 Å². The number of aromatic nitrogens is 2. The van der Waals surface area contributed by atoms with Crippen LogP contribution in [-0.2, 0) is 6.42 Å². The van der Waals surface area contributed by atoms with E-state index in [0.29, 0.717) is 17.9 Å². The monoisotopic (exact) mass is 416 g/mol. The van der Waals surface area contributed by atoms with Gasteiger partial charge in [0, 0.05) is 12.4 Å². The molecule has 1 fully saturated rings. The number of nitrogens with zero attached hydrogens (tertiary/aromatic N) is 2. The van der Waals surface area contributed by atoms with Crippen LogP contribution < -0.4 is 0 Å². The Morgan fingerprint density at radius 1 is 1.00 bits per heavy atom. The SMILES string of the molecule is CCCCCC1CCC(CCc2ccc(-c3ncc(C(=O)O)cn3)c(F)c2F)CC1. The van der Waals surface area contributed by atoms with Crippen LogP contribution in [0.3, 0.4) is 0 Å². The summed E-state index contributed by atoms with van der Waals surface area (Å²) in [4.78, 5) is 18.6. The largest absolute Gasteiger partial charge is 0.478 e. The van der Waals surface area contributed by atoms with Crippen molar-refractivity contribution in [1.82, 2.24) is 9.97 Å². The van der Waals surface area contributed by atoms with Gasteiger partial charge in [-0.15, -0.1) is 0 Å². The number of carboxylic acids is 1. The molecule has 6 heteroatoms. The molecule has 4 nitrogen and oxygen atoms in total. The number of unbranched alkanes of at least 4 members (excludes halogenated alkanes) is 2. The predicted molar refractivity (Wildman–Crippen MR) is 112 cm³/mol. The lowest BCUT2D eigenvalue weighted by atomic mass is 9.77. The minimum absolute atomic E-state index is 0.0238. The van der Waals surface area contributed by atoms with Gasteiger partial charge in [0.15, 0.2) is 17.5 Å². The molecule has 30 heavy (non-hydrogen) atoms. The molecule has 0 amide bonds. The summed E-state index contributed by atoms with van der Waals surface area (Å²) >= 11 is 0. The number of hydrogen-bond acceptors (Lipinski definition) is 3. The molecule has 1 aliphatic rings. The second kappa shape index (κ2) is 10.6. The van der Waals surface area contributed by atoms with Crippen LogP contribution in [0.2, 0.25) is 0 Å². The molecular weight excluding hydrogens is 386 g/mol. The van der Waals surface area contributed by atoms with Crippen LogP contribution in [0.1, 0.15) is 80.6 Å². The lowest BCUT2D eigenvalue weighted by molar-refractivity contribution is 0.0696. The maximum atomic E-state index is 14.6. The lowest BCUT2D eigenvalue weighted by Crippen LogP contribution is -2.15. The molecule has 0 aliphatic heterocycles. The molecule has 0 radical (unpaired) electrons. The van der Waals surface area contributed by atoms with E-state index in [1.807, 2.05) is 0 Å². The van der Waals surface area contributed by atoms with Crippen LogP contribution in [0.25, 0.3) is 11.4 Å². The molecule has 0 atom stereocenters. The number of carbonyl (C=O) groups is 1. The summed E-state index contributed by atoms with van der Waals surface area (Å²) in [6, 6.07) is 3.08. The van der Waals surface area contributed by atoms with Gasteiger partial charge in [-0.2, -0.15) is 0 Å².